The number of thiophene rings is 1. The standard InChI is InChI=1S/C20H23N5OS/c1-13-11-21-20(24-18(13)17-9-6-10-27-17)25-14(2)16(12-22-25)19(26)23-15-7-4-3-5-8-15/h6,9-12,15H,3-5,7-8H2,1-2H3,(H,23,26). The van der Waals surface area contributed by atoms with Crippen molar-refractivity contribution in [1.82, 2.24) is 25.1 Å². The van der Waals surface area contributed by atoms with E-state index in [1.54, 1.807) is 28.4 Å². The van der Waals surface area contributed by atoms with Gasteiger partial charge in [-0.2, -0.15) is 5.10 Å². The number of hydrogen-bond donors (Lipinski definition) is 1. The van der Waals surface area contributed by atoms with Crippen molar-refractivity contribution in [1.29, 1.82) is 0 Å². The van der Waals surface area contributed by atoms with Crippen LogP contribution >= 0.6 is 11.3 Å². The van der Waals surface area contributed by atoms with Crippen molar-refractivity contribution < 1.29 is 4.79 Å². The average Bonchev–Trinajstić information content (AvgIpc) is 3.33. The van der Waals surface area contributed by atoms with Crippen LogP contribution in [0, 0.1) is 13.8 Å². The van der Waals surface area contributed by atoms with Gasteiger partial charge in [-0.1, -0.05) is 25.3 Å². The Kier molecular flexibility index (Phi) is 5.03. The fourth-order valence-electron chi connectivity index (χ4n) is 3.54. The molecule has 0 aliphatic heterocycles. The quantitative estimate of drug-likeness (QED) is 0.739. The predicted molar refractivity (Wildman–Crippen MR) is 106 cm³/mol. The lowest BCUT2D eigenvalue weighted by Gasteiger charge is -2.22. The van der Waals surface area contributed by atoms with Crippen LogP contribution in [0.3, 0.4) is 0 Å². The molecule has 1 fully saturated rings. The van der Waals surface area contributed by atoms with Crippen molar-refractivity contribution in [3.05, 3.63) is 46.7 Å². The van der Waals surface area contributed by atoms with Gasteiger partial charge in [0.1, 0.15) is 0 Å². The van der Waals surface area contributed by atoms with Crippen LogP contribution in [0.5, 0.6) is 0 Å². The third-order valence-corrected chi connectivity index (χ3v) is 5.97. The van der Waals surface area contributed by atoms with E-state index in [1.807, 2.05) is 31.4 Å². The van der Waals surface area contributed by atoms with Crippen molar-refractivity contribution >= 4 is 17.2 Å². The molecule has 1 N–H and O–H groups in total. The number of aryl methyl sites for hydroxylation is 1. The fourth-order valence-corrected chi connectivity index (χ4v) is 4.32. The minimum Gasteiger partial charge on any atom is -0.349 e. The molecule has 140 valence electrons. The lowest BCUT2D eigenvalue weighted by atomic mass is 9.95. The first-order valence-electron chi connectivity index (χ1n) is 9.37. The number of carbonyl (C=O) groups excluding carboxylic acids is 1. The van der Waals surface area contributed by atoms with Gasteiger partial charge in [0.25, 0.3) is 11.9 Å². The van der Waals surface area contributed by atoms with Crippen LogP contribution in [-0.2, 0) is 0 Å². The zero-order valence-corrected chi connectivity index (χ0v) is 16.4. The topological polar surface area (TPSA) is 72.7 Å². The number of carbonyl (C=O) groups is 1. The van der Waals surface area contributed by atoms with Gasteiger partial charge in [-0.05, 0) is 43.7 Å². The van der Waals surface area contributed by atoms with Crippen LogP contribution < -0.4 is 5.32 Å². The zero-order chi connectivity index (χ0) is 18.8. The summed E-state index contributed by atoms with van der Waals surface area (Å²) in [4.78, 5) is 22.9. The van der Waals surface area contributed by atoms with Gasteiger partial charge in [0.15, 0.2) is 0 Å². The van der Waals surface area contributed by atoms with Crippen molar-refractivity contribution in [3.8, 4) is 16.5 Å². The molecule has 0 atom stereocenters. The van der Waals surface area contributed by atoms with E-state index in [0.717, 1.165) is 34.7 Å². The highest BCUT2D eigenvalue weighted by Gasteiger charge is 2.21. The molecule has 0 radical (unpaired) electrons. The van der Waals surface area contributed by atoms with E-state index < -0.39 is 0 Å². The Bertz CT molecular complexity index is 941. The van der Waals surface area contributed by atoms with E-state index in [2.05, 4.69) is 15.4 Å². The van der Waals surface area contributed by atoms with E-state index in [9.17, 15) is 4.79 Å². The Morgan fingerprint density at radius 2 is 2.04 bits per heavy atom. The molecule has 0 saturated heterocycles. The summed E-state index contributed by atoms with van der Waals surface area (Å²) in [6.45, 7) is 3.88. The van der Waals surface area contributed by atoms with Crippen molar-refractivity contribution in [2.24, 2.45) is 0 Å². The molecule has 1 amide bonds. The first-order valence-corrected chi connectivity index (χ1v) is 10.2. The van der Waals surface area contributed by atoms with Crippen LogP contribution in [0.2, 0.25) is 0 Å². The lowest BCUT2D eigenvalue weighted by Crippen LogP contribution is -2.36. The highest BCUT2D eigenvalue weighted by Crippen LogP contribution is 2.26. The average molecular weight is 382 g/mol. The van der Waals surface area contributed by atoms with E-state index in [4.69, 9.17) is 4.98 Å². The molecular formula is C20H23N5OS. The minimum atomic E-state index is -0.0590. The smallest absolute Gasteiger partial charge is 0.254 e. The molecule has 3 aromatic rings. The van der Waals surface area contributed by atoms with Crippen LogP contribution in [0.15, 0.2) is 29.9 Å². The van der Waals surface area contributed by atoms with E-state index >= 15 is 0 Å². The Morgan fingerprint density at radius 1 is 1.22 bits per heavy atom. The Balaban J connectivity index is 1.60. The monoisotopic (exact) mass is 381 g/mol. The Labute approximate surface area is 162 Å². The summed E-state index contributed by atoms with van der Waals surface area (Å²) in [6, 6.07) is 4.33. The molecule has 4 rings (SSSR count). The van der Waals surface area contributed by atoms with E-state index in [0.29, 0.717) is 11.5 Å². The zero-order valence-electron chi connectivity index (χ0n) is 15.6. The molecule has 27 heavy (non-hydrogen) atoms. The number of amides is 1. The summed E-state index contributed by atoms with van der Waals surface area (Å²) < 4.78 is 1.65. The number of rotatable bonds is 4. The molecule has 0 bridgehead atoms. The van der Waals surface area contributed by atoms with Gasteiger partial charge in [-0.25, -0.2) is 14.6 Å². The van der Waals surface area contributed by atoms with Gasteiger partial charge in [-0.3, -0.25) is 4.79 Å². The number of aromatic nitrogens is 4. The van der Waals surface area contributed by atoms with E-state index in [-0.39, 0.29) is 11.9 Å². The summed E-state index contributed by atoms with van der Waals surface area (Å²) in [5.41, 5.74) is 3.26. The summed E-state index contributed by atoms with van der Waals surface area (Å²) in [5.74, 6) is 0.425. The highest BCUT2D eigenvalue weighted by molar-refractivity contribution is 7.13. The highest BCUT2D eigenvalue weighted by atomic mass is 32.1. The van der Waals surface area contributed by atoms with Crippen LogP contribution in [0.25, 0.3) is 16.5 Å². The number of nitrogens with one attached hydrogen (secondary N) is 1. The normalized spacial score (nSPS) is 15.0. The van der Waals surface area contributed by atoms with Gasteiger partial charge in [0.2, 0.25) is 0 Å². The third-order valence-electron chi connectivity index (χ3n) is 5.10. The summed E-state index contributed by atoms with van der Waals surface area (Å²) in [7, 11) is 0. The van der Waals surface area contributed by atoms with Crippen molar-refractivity contribution in [2.75, 3.05) is 0 Å². The molecule has 6 nitrogen and oxygen atoms in total. The second-order valence-electron chi connectivity index (χ2n) is 7.04. The van der Waals surface area contributed by atoms with Crippen LogP contribution in [0.4, 0.5) is 0 Å². The molecule has 0 unspecified atom stereocenters. The summed E-state index contributed by atoms with van der Waals surface area (Å²) in [6.07, 6.45) is 9.18. The van der Waals surface area contributed by atoms with Gasteiger partial charge >= 0.3 is 0 Å². The van der Waals surface area contributed by atoms with Gasteiger partial charge < -0.3 is 5.32 Å². The molecule has 1 aliphatic carbocycles. The fraction of sp³-hybridized carbons (Fsp3) is 0.400. The predicted octanol–water partition coefficient (Wildman–Crippen LogP) is 4.07. The molecule has 3 heterocycles. The maximum Gasteiger partial charge on any atom is 0.254 e. The number of nitrogens with zero attached hydrogens (tertiary/aromatic N) is 4. The first kappa shape index (κ1) is 17.9. The molecule has 0 spiro atoms. The second-order valence-corrected chi connectivity index (χ2v) is 7.99. The Morgan fingerprint density at radius 3 is 2.78 bits per heavy atom. The van der Waals surface area contributed by atoms with Gasteiger partial charge in [-0.15, -0.1) is 11.3 Å². The van der Waals surface area contributed by atoms with Gasteiger partial charge in [0, 0.05) is 12.2 Å². The van der Waals surface area contributed by atoms with Crippen molar-refractivity contribution in [2.45, 2.75) is 52.0 Å². The van der Waals surface area contributed by atoms with Crippen molar-refractivity contribution in [3.63, 3.8) is 0 Å². The third kappa shape index (κ3) is 3.64. The molecular weight excluding hydrogens is 358 g/mol. The maximum absolute atomic E-state index is 12.7. The molecule has 7 heteroatoms. The minimum absolute atomic E-state index is 0.0590. The lowest BCUT2D eigenvalue weighted by molar-refractivity contribution is 0.0927. The first-order chi connectivity index (χ1) is 13.1. The van der Waals surface area contributed by atoms with Crippen LogP contribution in [-0.4, -0.2) is 31.7 Å². The van der Waals surface area contributed by atoms with Crippen LogP contribution in [0.1, 0.15) is 53.7 Å². The maximum atomic E-state index is 12.7. The molecule has 1 aliphatic rings. The summed E-state index contributed by atoms with van der Waals surface area (Å²) in [5, 5.41) is 9.57. The second kappa shape index (κ2) is 7.60. The molecule has 1 saturated carbocycles. The SMILES string of the molecule is Cc1cnc(-n2ncc(C(=O)NC3CCCCC3)c2C)nc1-c1cccs1. The molecule has 0 aromatic carbocycles. The van der Waals surface area contributed by atoms with Gasteiger partial charge in [0.05, 0.1) is 28.0 Å². The molecule has 3 aromatic heterocycles. The Hall–Kier alpha value is -2.54. The summed E-state index contributed by atoms with van der Waals surface area (Å²) >= 11 is 1.64. The van der Waals surface area contributed by atoms with E-state index in [1.165, 1.54) is 19.3 Å². The number of hydrogen-bond acceptors (Lipinski definition) is 5. The largest absolute Gasteiger partial charge is 0.349 e.